The Morgan fingerprint density at radius 2 is 1.94 bits per heavy atom. The van der Waals surface area contributed by atoms with Crippen molar-refractivity contribution in [3.05, 3.63) is 71.7 Å². The Kier molecular flexibility index (Phi) is 3.66. The molecule has 0 bridgehead atoms. The molecule has 0 aliphatic heterocycles. The number of benzene rings is 1. The first-order valence-corrected chi connectivity index (χ1v) is 5.60. The second kappa shape index (κ2) is 5.39. The SMILES string of the molecule is C=C1C=C(OCc2ccccc2)C(OC)=CC1. The lowest BCUT2D eigenvalue weighted by Crippen LogP contribution is -2.03. The van der Waals surface area contributed by atoms with Crippen LogP contribution in [0, 0.1) is 0 Å². The monoisotopic (exact) mass is 228 g/mol. The lowest BCUT2D eigenvalue weighted by Gasteiger charge is -2.17. The van der Waals surface area contributed by atoms with Gasteiger partial charge in [0.15, 0.2) is 11.5 Å². The minimum atomic E-state index is 0.542. The van der Waals surface area contributed by atoms with Crippen molar-refractivity contribution in [2.75, 3.05) is 7.11 Å². The van der Waals surface area contributed by atoms with Gasteiger partial charge < -0.3 is 9.47 Å². The molecule has 0 radical (unpaired) electrons. The van der Waals surface area contributed by atoms with Gasteiger partial charge in [-0.1, -0.05) is 36.9 Å². The van der Waals surface area contributed by atoms with Crippen LogP contribution in [0.4, 0.5) is 0 Å². The summed E-state index contributed by atoms with van der Waals surface area (Å²) >= 11 is 0. The zero-order valence-electron chi connectivity index (χ0n) is 9.98. The quantitative estimate of drug-likeness (QED) is 0.784. The fourth-order valence-corrected chi connectivity index (χ4v) is 1.67. The Morgan fingerprint density at radius 3 is 2.65 bits per heavy atom. The van der Waals surface area contributed by atoms with E-state index in [4.69, 9.17) is 9.47 Å². The number of methoxy groups -OCH3 is 1. The lowest BCUT2D eigenvalue weighted by atomic mass is 10.1. The van der Waals surface area contributed by atoms with Crippen molar-refractivity contribution in [3.8, 4) is 0 Å². The van der Waals surface area contributed by atoms with E-state index in [9.17, 15) is 0 Å². The van der Waals surface area contributed by atoms with Gasteiger partial charge in [-0.2, -0.15) is 0 Å². The maximum Gasteiger partial charge on any atom is 0.161 e. The molecule has 0 spiro atoms. The molecular formula is C15H16O2. The number of hydrogen-bond donors (Lipinski definition) is 0. The number of rotatable bonds is 4. The zero-order valence-corrected chi connectivity index (χ0v) is 9.98. The molecule has 0 atom stereocenters. The van der Waals surface area contributed by atoms with E-state index in [-0.39, 0.29) is 0 Å². The highest BCUT2D eigenvalue weighted by Gasteiger charge is 2.12. The third kappa shape index (κ3) is 3.00. The molecule has 1 aliphatic carbocycles. The third-order valence-electron chi connectivity index (χ3n) is 2.58. The van der Waals surface area contributed by atoms with Crippen molar-refractivity contribution in [2.24, 2.45) is 0 Å². The van der Waals surface area contributed by atoms with E-state index in [1.165, 1.54) is 0 Å². The van der Waals surface area contributed by atoms with Crippen LogP contribution in [0.2, 0.25) is 0 Å². The van der Waals surface area contributed by atoms with Crippen LogP contribution in [-0.2, 0) is 16.1 Å². The molecule has 0 saturated heterocycles. The molecule has 1 aromatic rings. The maximum absolute atomic E-state index is 5.75. The summed E-state index contributed by atoms with van der Waals surface area (Å²) in [5, 5.41) is 0. The van der Waals surface area contributed by atoms with Gasteiger partial charge in [0.2, 0.25) is 0 Å². The summed E-state index contributed by atoms with van der Waals surface area (Å²) in [6.07, 6.45) is 4.74. The van der Waals surface area contributed by atoms with Crippen molar-refractivity contribution in [2.45, 2.75) is 13.0 Å². The molecule has 2 rings (SSSR count). The third-order valence-corrected chi connectivity index (χ3v) is 2.58. The highest BCUT2D eigenvalue weighted by molar-refractivity contribution is 5.35. The molecule has 0 amide bonds. The van der Waals surface area contributed by atoms with Gasteiger partial charge in [-0.15, -0.1) is 0 Å². The summed E-state index contributed by atoms with van der Waals surface area (Å²) in [5.74, 6) is 1.54. The van der Waals surface area contributed by atoms with Crippen molar-refractivity contribution < 1.29 is 9.47 Å². The van der Waals surface area contributed by atoms with Crippen LogP contribution in [0.25, 0.3) is 0 Å². The van der Waals surface area contributed by atoms with E-state index >= 15 is 0 Å². The van der Waals surface area contributed by atoms with Gasteiger partial charge >= 0.3 is 0 Å². The van der Waals surface area contributed by atoms with Crippen LogP contribution < -0.4 is 0 Å². The molecule has 0 unspecified atom stereocenters. The fraction of sp³-hybridized carbons (Fsp3) is 0.200. The standard InChI is InChI=1S/C15H16O2/c1-12-8-9-14(16-2)15(10-12)17-11-13-6-4-3-5-7-13/h3-7,9-10H,1,8,11H2,2H3. The molecule has 0 saturated carbocycles. The van der Waals surface area contributed by atoms with Crippen LogP contribution in [0.15, 0.2) is 66.2 Å². The normalized spacial score (nSPS) is 15.0. The molecule has 1 aliphatic rings. The van der Waals surface area contributed by atoms with E-state index < -0.39 is 0 Å². The van der Waals surface area contributed by atoms with Crippen molar-refractivity contribution in [3.63, 3.8) is 0 Å². The number of ether oxygens (including phenoxy) is 2. The maximum atomic E-state index is 5.75. The minimum absolute atomic E-state index is 0.542. The summed E-state index contributed by atoms with van der Waals surface area (Å²) < 4.78 is 11.0. The lowest BCUT2D eigenvalue weighted by molar-refractivity contribution is 0.164. The summed E-state index contributed by atoms with van der Waals surface area (Å²) in [4.78, 5) is 0. The molecule has 0 N–H and O–H groups in total. The highest BCUT2D eigenvalue weighted by atomic mass is 16.5. The van der Waals surface area contributed by atoms with Gasteiger partial charge in [0.1, 0.15) is 6.61 Å². The Bertz CT molecular complexity index is 455. The summed E-state index contributed by atoms with van der Waals surface area (Å²) in [7, 11) is 1.65. The number of hydrogen-bond acceptors (Lipinski definition) is 2. The molecule has 88 valence electrons. The zero-order chi connectivity index (χ0) is 12.1. The van der Waals surface area contributed by atoms with Gasteiger partial charge in [-0.05, 0) is 29.7 Å². The van der Waals surface area contributed by atoms with E-state index in [0.717, 1.165) is 29.1 Å². The summed E-state index contributed by atoms with van der Waals surface area (Å²) in [6.45, 7) is 4.47. The van der Waals surface area contributed by atoms with E-state index in [1.807, 2.05) is 42.5 Å². The second-order valence-corrected chi connectivity index (χ2v) is 3.92. The van der Waals surface area contributed by atoms with Crippen LogP contribution in [0.3, 0.4) is 0 Å². The summed E-state index contributed by atoms with van der Waals surface area (Å²) in [5.41, 5.74) is 2.17. The van der Waals surface area contributed by atoms with Crippen molar-refractivity contribution in [1.82, 2.24) is 0 Å². The first kappa shape index (κ1) is 11.5. The Labute approximate surface area is 102 Å². The highest BCUT2D eigenvalue weighted by Crippen LogP contribution is 2.23. The van der Waals surface area contributed by atoms with Gasteiger partial charge in [0.25, 0.3) is 0 Å². The molecule has 0 fully saturated rings. The van der Waals surface area contributed by atoms with E-state index in [2.05, 4.69) is 6.58 Å². The van der Waals surface area contributed by atoms with Crippen molar-refractivity contribution in [1.29, 1.82) is 0 Å². The van der Waals surface area contributed by atoms with Gasteiger partial charge in [-0.3, -0.25) is 0 Å². The Balaban J connectivity index is 2.03. The molecule has 0 heterocycles. The van der Waals surface area contributed by atoms with Crippen molar-refractivity contribution >= 4 is 0 Å². The predicted octanol–water partition coefficient (Wildman–Crippen LogP) is 3.58. The summed E-state index contributed by atoms with van der Waals surface area (Å²) in [6, 6.07) is 10.1. The van der Waals surface area contributed by atoms with Gasteiger partial charge in [0.05, 0.1) is 7.11 Å². The smallest absolute Gasteiger partial charge is 0.161 e. The fourth-order valence-electron chi connectivity index (χ4n) is 1.67. The molecular weight excluding hydrogens is 212 g/mol. The average molecular weight is 228 g/mol. The Morgan fingerprint density at radius 1 is 1.18 bits per heavy atom. The van der Waals surface area contributed by atoms with Crippen LogP contribution in [0.5, 0.6) is 0 Å². The predicted molar refractivity (Wildman–Crippen MR) is 68.2 cm³/mol. The first-order chi connectivity index (χ1) is 8.29. The largest absolute Gasteiger partial charge is 0.493 e. The van der Waals surface area contributed by atoms with E-state index in [0.29, 0.717) is 6.61 Å². The van der Waals surface area contributed by atoms with Crippen LogP contribution >= 0.6 is 0 Å². The van der Waals surface area contributed by atoms with E-state index in [1.54, 1.807) is 7.11 Å². The topological polar surface area (TPSA) is 18.5 Å². The molecule has 2 nitrogen and oxygen atoms in total. The minimum Gasteiger partial charge on any atom is -0.493 e. The molecule has 1 aromatic carbocycles. The second-order valence-electron chi connectivity index (χ2n) is 3.92. The molecule has 0 aromatic heterocycles. The van der Waals surface area contributed by atoms with Gasteiger partial charge in [0, 0.05) is 0 Å². The number of allylic oxidation sites excluding steroid dienone is 3. The first-order valence-electron chi connectivity index (χ1n) is 5.60. The Hall–Kier alpha value is -1.96. The van der Waals surface area contributed by atoms with Crippen LogP contribution in [-0.4, -0.2) is 7.11 Å². The van der Waals surface area contributed by atoms with Crippen LogP contribution in [0.1, 0.15) is 12.0 Å². The molecule has 17 heavy (non-hydrogen) atoms. The van der Waals surface area contributed by atoms with Gasteiger partial charge in [-0.25, -0.2) is 0 Å². The average Bonchev–Trinajstić information content (AvgIpc) is 2.38. The molecule has 2 heteroatoms.